The van der Waals surface area contributed by atoms with Crippen molar-refractivity contribution in [2.75, 3.05) is 35.3 Å². The fourth-order valence-corrected chi connectivity index (χ4v) is 4.79. The van der Waals surface area contributed by atoms with Crippen molar-refractivity contribution in [3.8, 4) is 11.8 Å². The Labute approximate surface area is 271 Å². The molecule has 12 nitrogen and oxygen atoms in total. The molecule has 1 aromatic carbocycles. The van der Waals surface area contributed by atoms with Crippen LogP contribution >= 0.6 is 23.2 Å². The number of nitriles is 1. The van der Waals surface area contributed by atoms with Crippen molar-refractivity contribution in [1.82, 2.24) is 15.0 Å². The zero-order chi connectivity index (χ0) is 33.1. The van der Waals surface area contributed by atoms with E-state index in [1.54, 1.807) is 13.8 Å². The second-order valence-corrected chi connectivity index (χ2v) is 11.4. The molecule has 1 aromatic heterocycles. The molecule has 0 bridgehead atoms. The summed E-state index contributed by atoms with van der Waals surface area (Å²) in [5.74, 6) is -1.74. The highest BCUT2D eigenvalue weighted by atomic mass is 35.5. The van der Waals surface area contributed by atoms with Crippen LogP contribution in [0.4, 0.5) is 22.0 Å². The Kier molecular flexibility index (Phi) is 12.9. The number of unbranched alkanes of at least 4 members (excludes halogenated alkanes) is 2. The Morgan fingerprint density at radius 3 is 2.31 bits per heavy atom. The summed E-state index contributed by atoms with van der Waals surface area (Å²) in [7, 11) is 0. The molecule has 2 amide bonds. The first kappa shape index (κ1) is 35.5. The van der Waals surface area contributed by atoms with E-state index < -0.39 is 35.7 Å². The van der Waals surface area contributed by atoms with Crippen LogP contribution in [0.5, 0.6) is 5.75 Å². The standard InChI is InChI=1S/C21H23ClFNO5.C9H13ClN6/c1-2-3-6-9-28-19(25)12-29-18-11-17(16(23)10-15(18)22)24-20(26)13-7-4-5-8-14(13)21(24)27;1-4-12-7-13-6(10)14-8(15-7)16-9(2,3)5-11/h10-11H,2-9,12H2,1H3;4H2,1-3H3,(H2,12,13,14,15,16). The van der Waals surface area contributed by atoms with Crippen LogP contribution in [0, 0.1) is 17.1 Å². The summed E-state index contributed by atoms with van der Waals surface area (Å²) < 4.78 is 25.0. The fraction of sp³-hybridized carbons (Fsp3) is 0.500. The highest BCUT2D eigenvalue weighted by Gasteiger charge is 2.41. The van der Waals surface area contributed by atoms with E-state index in [4.69, 9.17) is 37.9 Å². The van der Waals surface area contributed by atoms with E-state index in [9.17, 15) is 18.8 Å². The number of imide groups is 1. The summed E-state index contributed by atoms with van der Waals surface area (Å²) in [5.41, 5.74) is -0.0821. The largest absolute Gasteiger partial charge is 0.480 e. The maximum atomic E-state index is 14.5. The summed E-state index contributed by atoms with van der Waals surface area (Å²) in [5, 5.41) is 14.7. The second-order valence-electron chi connectivity index (χ2n) is 10.7. The van der Waals surface area contributed by atoms with Crippen LogP contribution in [-0.4, -0.2) is 58.0 Å². The highest BCUT2D eigenvalue weighted by Crippen LogP contribution is 2.39. The lowest BCUT2D eigenvalue weighted by Crippen LogP contribution is -2.32. The number of nitrogens with one attached hydrogen (secondary N) is 2. The molecule has 242 valence electrons. The van der Waals surface area contributed by atoms with Crippen molar-refractivity contribution in [2.45, 2.75) is 78.2 Å². The SMILES string of the molecule is CCCCCOC(=O)COc1cc(N2C(=O)C3=C(CCCC3)C2=O)c(F)cc1Cl.CCNc1nc(Cl)nc(NC(C)(C)C#N)n1. The molecular weight excluding hydrogens is 628 g/mol. The molecule has 2 aliphatic rings. The number of aromatic nitrogens is 3. The van der Waals surface area contributed by atoms with Gasteiger partial charge in [-0.15, -0.1) is 0 Å². The van der Waals surface area contributed by atoms with Crippen LogP contribution in [0.15, 0.2) is 23.3 Å². The number of hydrogen-bond donors (Lipinski definition) is 2. The summed E-state index contributed by atoms with van der Waals surface area (Å²) in [4.78, 5) is 49.8. The number of nitrogens with zero attached hydrogens (tertiary/aromatic N) is 5. The Morgan fingerprint density at radius 2 is 1.71 bits per heavy atom. The number of carbonyl (C=O) groups is 3. The molecule has 45 heavy (non-hydrogen) atoms. The third kappa shape index (κ3) is 9.73. The molecule has 0 unspecified atom stereocenters. The summed E-state index contributed by atoms with van der Waals surface area (Å²) >= 11 is 11.7. The van der Waals surface area contributed by atoms with Gasteiger partial charge in [0.15, 0.2) is 6.61 Å². The van der Waals surface area contributed by atoms with E-state index in [0.717, 1.165) is 43.1 Å². The van der Waals surface area contributed by atoms with Gasteiger partial charge in [-0.05, 0) is 70.5 Å². The van der Waals surface area contributed by atoms with E-state index in [2.05, 4.69) is 31.7 Å². The van der Waals surface area contributed by atoms with Gasteiger partial charge in [-0.3, -0.25) is 9.59 Å². The lowest BCUT2D eigenvalue weighted by atomic mass is 9.93. The van der Waals surface area contributed by atoms with E-state index >= 15 is 0 Å². The van der Waals surface area contributed by atoms with Crippen LogP contribution in [0.2, 0.25) is 10.3 Å². The van der Waals surface area contributed by atoms with Gasteiger partial charge in [0, 0.05) is 23.8 Å². The number of hydrogen-bond acceptors (Lipinski definition) is 11. The second kappa shape index (κ2) is 16.3. The van der Waals surface area contributed by atoms with Crippen LogP contribution in [0.25, 0.3) is 0 Å². The van der Waals surface area contributed by atoms with E-state index in [1.807, 2.05) is 13.8 Å². The number of carbonyl (C=O) groups excluding carboxylic acids is 3. The van der Waals surface area contributed by atoms with Crippen molar-refractivity contribution in [3.63, 3.8) is 0 Å². The Balaban J connectivity index is 0.000000292. The van der Waals surface area contributed by atoms with Gasteiger partial charge in [-0.25, -0.2) is 14.1 Å². The van der Waals surface area contributed by atoms with Crippen molar-refractivity contribution in [3.05, 3.63) is 39.4 Å². The molecular formula is C30H36Cl2FN7O5. The molecule has 0 atom stereocenters. The molecule has 4 rings (SSSR count). The zero-order valence-electron chi connectivity index (χ0n) is 25.6. The van der Waals surface area contributed by atoms with Crippen molar-refractivity contribution < 1.29 is 28.2 Å². The quantitative estimate of drug-likeness (QED) is 0.156. The molecule has 0 fully saturated rings. The predicted molar refractivity (Wildman–Crippen MR) is 168 cm³/mol. The maximum Gasteiger partial charge on any atom is 0.344 e. The lowest BCUT2D eigenvalue weighted by molar-refractivity contribution is -0.146. The molecule has 2 heterocycles. The molecule has 0 spiro atoms. The minimum Gasteiger partial charge on any atom is -0.480 e. The average molecular weight is 665 g/mol. The monoisotopic (exact) mass is 663 g/mol. The van der Waals surface area contributed by atoms with Gasteiger partial charge in [0.05, 0.1) is 23.4 Å². The first-order valence-electron chi connectivity index (χ1n) is 14.6. The van der Waals surface area contributed by atoms with Crippen LogP contribution in [-0.2, 0) is 19.1 Å². The van der Waals surface area contributed by atoms with Gasteiger partial charge < -0.3 is 20.1 Å². The fourth-order valence-electron chi connectivity index (χ4n) is 4.43. The third-order valence-corrected chi connectivity index (χ3v) is 7.10. The molecule has 0 saturated carbocycles. The molecule has 2 aromatic rings. The first-order chi connectivity index (χ1) is 21.4. The topological polar surface area (TPSA) is 159 Å². The predicted octanol–water partition coefficient (Wildman–Crippen LogP) is 6.01. The third-order valence-electron chi connectivity index (χ3n) is 6.64. The minimum atomic E-state index is -0.814. The van der Waals surface area contributed by atoms with Gasteiger partial charge in [0.2, 0.25) is 17.2 Å². The number of halogens is 3. The first-order valence-corrected chi connectivity index (χ1v) is 15.4. The molecule has 0 radical (unpaired) electrons. The number of amides is 2. The number of ether oxygens (including phenoxy) is 2. The highest BCUT2D eigenvalue weighted by molar-refractivity contribution is 6.34. The molecule has 1 aliphatic heterocycles. The Hall–Kier alpha value is -4.02. The zero-order valence-corrected chi connectivity index (χ0v) is 27.1. The Bertz CT molecular complexity index is 1470. The molecule has 1 aliphatic carbocycles. The normalized spacial score (nSPS) is 14.3. The van der Waals surface area contributed by atoms with E-state index in [0.29, 0.717) is 43.1 Å². The van der Waals surface area contributed by atoms with Crippen molar-refractivity contribution in [1.29, 1.82) is 5.26 Å². The van der Waals surface area contributed by atoms with E-state index in [-0.39, 0.29) is 27.7 Å². The van der Waals surface area contributed by atoms with Gasteiger partial charge in [0.25, 0.3) is 11.8 Å². The summed E-state index contributed by atoms with van der Waals surface area (Å²) in [6.07, 6.45) is 5.40. The van der Waals surface area contributed by atoms with Gasteiger partial charge in [0.1, 0.15) is 17.1 Å². The average Bonchev–Trinajstić information content (AvgIpc) is 3.24. The number of rotatable bonds is 12. The summed E-state index contributed by atoms with van der Waals surface area (Å²) in [6, 6.07) is 4.23. The summed E-state index contributed by atoms with van der Waals surface area (Å²) in [6.45, 7) is 7.97. The minimum absolute atomic E-state index is 0.000883. The van der Waals surface area contributed by atoms with Gasteiger partial charge in [-0.2, -0.15) is 20.2 Å². The Morgan fingerprint density at radius 1 is 1.07 bits per heavy atom. The van der Waals surface area contributed by atoms with Gasteiger partial charge in [-0.1, -0.05) is 31.4 Å². The van der Waals surface area contributed by atoms with Gasteiger partial charge >= 0.3 is 5.97 Å². The lowest BCUT2D eigenvalue weighted by Gasteiger charge is -2.18. The molecule has 0 saturated heterocycles. The number of esters is 1. The van der Waals surface area contributed by atoms with Crippen molar-refractivity contribution >= 4 is 58.6 Å². The van der Waals surface area contributed by atoms with Crippen LogP contribution in [0.3, 0.4) is 0 Å². The number of benzene rings is 1. The number of anilines is 3. The van der Waals surface area contributed by atoms with Crippen molar-refractivity contribution in [2.24, 2.45) is 0 Å². The van der Waals surface area contributed by atoms with Crippen LogP contribution in [0.1, 0.15) is 72.6 Å². The van der Waals surface area contributed by atoms with E-state index in [1.165, 1.54) is 6.07 Å². The molecule has 15 heteroatoms. The maximum absolute atomic E-state index is 14.5. The van der Waals surface area contributed by atoms with Crippen LogP contribution < -0.4 is 20.3 Å². The smallest absolute Gasteiger partial charge is 0.344 e. The molecule has 2 N–H and O–H groups in total.